The molecule has 0 aromatic carbocycles. The number of aliphatic hydroxyl groups is 1. The van der Waals surface area contributed by atoms with Crippen LogP contribution in [0.5, 0.6) is 0 Å². The maximum absolute atomic E-state index is 9.21. The van der Waals surface area contributed by atoms with Crippen molar-refractivity contribution in [2.45, 2.75) is 25.4 Å². The van der Waals surface area contributed by atoms with Crippen molar-refractivity contribution in [3.63, 3.8) is 0 Å². The van der Waals surface area contributed by atoms with Gasteiger partial charge in [-0.2, -0.15) is 0 Å². The van der Waals surface area contributed by atoms with Crippen LogP contribution in [0.4, 0.5) is 5.82 Å². The molecule has 1 aliphatic heterocycles. The van der Waals surface area contributed by atoms with Gasteiger partial charge in [0.1, 0.15) is 5.82 Å². The molecule has 0 radical (unpaired) electrons. The highest BCUT2D eigenvalue weighted by molar-refractivity contribution is 5.29. The fraction of sp³-hybridized carbons (Fsp3) is 0.636. The molecule has 2 heterocycles. The third kappa shape index (κ3) is 2.48. The van der Waals surface area contributed by atoms with Crippen molar-refractivity contribution >= 4 is 5.82 Å². The van der Waals surface area contributed by atoms with Crippen molar-refractivity contribution in [1.82, 2.24) is 14.9 Å². The lowest BCUT2D eigenvalue weighted by Gasteiger charge is -2.21. The third-order valence-electron chi connectivity index (χ3n) is 3.04. The van der Waals surface area contributed by atoms with E-state index in [1.54, 1.807) is 12.4 Å². The Morgan fingerprint density at radius 3 is 3.00 bits per heavy atom. The van der Waals surface area contributed by atoms with Gasteiger partial charge in [0.15, 0.2) is 0 Å². The third-order valence-corrected chi connectivity index (χ3v) is 3.04. The zero-order valence-corrected chi connectivity index (χ0v) is 9.56. The van der Waals surface area contributed by atoms with Gasteiger partial charge in [-0.05, 0) is 19.4 Å². The molecule has 0 amide bonds. The highest BCUT2D eigenvalue weighted by Gasteiger charge is 2.23. The van der Waals surface area contributed by atoms with Crippen molar-refractivity contribution in [3.8, 4) is 0 Å². The lowest BCUT2D eigenvalue weighted by atomic mass is 10.2. The van der Waals surface area contributed by atoms with Crippen LogP contribution in [0.1, 0.15) is 18.5 Å². The van der Waals surface area contributed by atoms with Crippen molar-refractivity contribution < 1.29 is 5.11 Å². The minimum Gasteiger partial charge on any atom is -0.395 e. The second-order valence-corrected chi connectivity index (χ2v) is 4.09. The second-order valence-electron chi connectivity index (χ2n) is 4.09. The van der Waals surface area contributed by atoms with E-state index < -0.39 is 0 Å². The molecule has 0 spiro atoms. The van der Waals surface area contributed by atoms with Crippen molar-refractivity contribution in [2.75, 3.05) is 25.5 Å². The summed E-state index contributed by atoms with van der Waals surface area (Å²) in [5.74, 6) is 0.781. The number of aromatic nitrogens is 2. The Bertz CT molecular complexity index is 327. The standard InChI is InChI=1S/C11H18N4O/c1-12-11-6-13-9(5-14-11)7-15-4-2-3-10(15)8-16/h5-6,10,16H,2-4,7-8H2,1H3,(H,12,14). The van der Waals surface area contributed by atoms with Crippen LogP contribution < -0.4 is 5.32 Å². The topological polar surface area (TPSA) is 61.3 Å². The predicted molar refractivity (Wildman–Crippen MR) is 62.1 cm³/mol. The Hall–Kier alpha value is -1.20. The summed E-state index contributed by atoms with van der Waals surface area (Å²) < 4.78 is 0. The number of aliphatic hydroxyl groups excluding tert-OH is 1. The average molecular weight is 222 g/mol. The molecule has 2 N–H and O–H groups in total. The largest absolute Gasteiger partial charge is 0.395 e. The summed E-state index contributed by atoms with van der Waals surface area (Å²) in [4.78, 5) is 10.8. The molecule has 1 aromatic rings. The molecule has 88 valence electrons. The van der Waals surface area contributed by atoms with Gasteiger partial charge in [0.25, 0.3) is 0 Å². The zero-order valence-electron chi connectivity index (χ0n) is 9.56. The SMILES string of the molecule is CNc1cnc(CN2CCCC2CO)cn1. The quantitative estimate of drug-likeness (QED) is 0.775. The summed E-state index contributed by atoms with van der Waals surface area (Å²) in [6, 6.07) is 0.297. The fourth-order valence-electron chi connectivity index (χ4n) is 2.08. The molecule has 1 unspecified atom stereocenters. The maximum atomic E-state index is 9.21. The summed E-state index contributed by atoms with van der Waals surface area (Å²) in [5, 5.41) is 12.1. The van der Waals surface area contributed by atoms with E-state index in [2.05, 4.69) is 20.2 Å². The van der Waals surface area contributed by atoms with E-state index in [4.69, 9.17) is 0 Å². The van der Waals surface area contributed by atoms with Gasteiger partial charge in [-0.15, -0.1) is 0 Å². The molecule has 0 aliphatic carbocycles. The van der Waals surface area contributed by atoms with Gasteiger partial charge in [-0.25, -0.2) is 4.98 Å². The number of hydrogen-bond acceptors (Lipinski definition) is 5. The van der Waals surface area contributed by atoms with Crippen LogP contribution in [0.15, 0.2) is 12.4 Å². The number of anilines is 1. The first-order valence-corrected chi connectivity index (χ1v) is 5.67. The first kappa shape index (κ1) is 11.3. The molecular formula is C11H18N4O. The molecular weight excluding hydrogens is 204 g/mol. The van der Waals surface area contributed by atoms with Gasteiger partial charge in [-0.3, -0.25) is 9.88 Å². The Balaban J connectivity index is 1.97. The Morgan fingerprint density at radius 2 is 2.38 bits per heavy atom. The van der Waals surface area contributed by atoms with Gasteiger partial charge in [0.05, 0.1) is 24.7 Å². The average Bonchev–Trinajstić information content (AvgIpc) is 2.77. The fourth-order valence-corrected chi connectivity index (χ4v) is 2.08. The zero-order chi connectivity index (χ0) is 11.4. The molecule has 1 saturated heterocycles. The van der Waals surface area contributed by atoms with E-state index in [9.17, 15) is 5.11 Å². The molecule has 1 fully saturated rings. The number of nitrogens with zero attached hydrogens (tertiary/aromatic N) is 3. The van der Waals surface area contributed by atoms with Crippen molar-refractivity contribution in [3.05, 3.63) is 18.1 Å². The summed E-state index contributed by atoms with van der Waals surface area (Å²) in [7, 11) is 1.83. The van der Waals surface area contributed by atoms with Gasteiger partial charge in [0.2, 0.25) is 0 Å². The molecule has 2 rings (SSSR count). The second kappa shape index (κ2) is 5.23. The molecule has 5 nitrogen and oxygen atoms in total. The predicted octanol–water partition coefficient (Wildman–Crippen LogP) is 0.475. The maximum Gasteiger partial charge on any atom is 0.144 e. The number of rotatable bonds is 4. The van der Waals surface area contributed by atoms with E-state index in [0.29, 0.717) is 6.04 Å². The van der Waals surface area contributed by atoms with Crippen LogP contribution >= 0.6 is 0 Å². The van der Waals surface area contributed by atoms with E-state index in [0.717, 1.165) is 37.4 Å². The molecule has 1 aromatic heterocycles. The molecule has 1 aliphatic rings. The van der Waals surface area contributed by atoms with E-state index in [1.165, 1.54) is 0 Å². The first-order valence-electron chi connectivity index (χ1n) is 5.67. The van der Waals surface area contributed by atoms with Crippen molar-refractivity contribution in [2.24, 2.45) is 0 Å². The number of nitrogens with one attached hydrogen (secondary N) is 1. The Morgan fingerprint density at radius 1 is 1.50 bits per heavy atom. The minimum atomic E-state index is 0.238. The highest BCUT2D eigenvalue weighted by atomic mass is 16.3. The normalized spacial score (nSPS) is 21.2. The Kier molecular flexibility index (Phi) is 3.69. The van der Waals surface area contributed by atoms with Crippen LogP contribution in [0, 0.1) is 0 Å². The molecule has 16 heavy (non-hydrogen) atoms. The number of likely N-dealkylation sites (tertiary alicyclic amines) is 1. The highest BCUT2D eigenvalue weighted by Crippen LogP contribution is 2.18. The lowest BCUT2D eigenvalue weighted by Crippen LogP contribution is -2.31. The molecule has 0 saturated carbocycles. The van der Waals surface area contributed by atoms with Crippen LogP contribution in [0.25, 0.3) is 0 Å². The van der Waals surface area contributed by atoms with Gasteiger partial charge >= 0.3 is 0 Å². The molecule has 0 bridgehead atoms. The van der Waals surface area contributed by atoms with Crippen molar-refractivity contribution in [1.29, 1.82) is 0 Å². The molecule has 5 heteroatoms. The van der Waals surface area contributed by atoms with Crippen LogP contribution in [-0.2, 0) is 6.54 Å². The smallest absolute Gasteiger partial charge is 0.144 e. The number of hydrogen-bond donors (Lipinski definition) is 2. The van der Waals surface area contributed by atoms with Gasteiger partial charge in [0, 0.05) is 19.6 Å². The van der Waals surface area contributed by atoms with Gasteiger partial charge in [-0.1, -0.05) is 0 Å². The molecule has 1 atom stereocenters. The minimum absolute atomic E-state index is 0.238. The van der Waals surface area contributed by atoms with E-state index in [-0.39, 0.29) is 6.61 Å². The van der Waals surface area contributed by atoms with E-state index >= 15 is 0 Å². The van der Waals surface area contributed by atoms with Crippen LogP contribution in [-0.4, -0.2) is 46.2 Å². The first-order chi connectivity index (χ1) is 7.83. The summed E-state index contributed by atoms with van der Waals surface area (Å²) >= 11 is 0. The Labute approximate surface area is 95.5 Å². The summed E-state index contributed by atoms with van der Waals surface area (Å²) in [5.41, 5.74) is 0.958. The van der Waals surface area contributed by atoms with Crippen LogP contribution in [0.3, 0.4) is 0 Å². The van der Waals surface area contributed by atoms with Gasteiger partial charge < -0.3 is 10.4 Å². The van der Waals surface area contributed by atoms with Crippen LogP contribution in [0.2, 0.25) is 0 Å². The van der Waals surface area contributed by atoms with E-state index in [1.807, 2.05) is 7.05 Å². The summed E-state index contributed by atoms with van der Waals surface area (Å²) in [6.07, 6.45) is 5.77. The lowest BCUT2D eigenvalue weighted by molar-refractivity contribution is 0.152. The monoisotopic (exact) mass is 222 g/mol. The summed E-state index contributed by atoms with van der Waals surface area (Å²) in [6.45, 7) is 2.06.